The summed E-state index contributed by atoms with van der Waals surface area (Å²) in [6.45, 7) is 5.87. The molecule has 1 aliphatic heterocycles. The lowest BCUT2D eigenvalue weighted by molar-refractivity contribution is -0.0418. The van der Waals surface area contributed by atoms with Crippen LogP contribution in [0.25, 0.3) is 16.9 Å². The van der Waals surface area contributed by atoms with Gasteiger partial charge in [0.2, 0.25) is 0 Å². The van der Waals surface area contributed by atoms with Crippen LogP contribution in [0.15, 0.2) is 24.4 Å². The van der Waals surface area contributed by atoms with Crippen molar-refractivity contribution in [3.63, 3.8) is 0 Å². The van der Waals surface area contributed by atoms with Crippen molar-refractivity contribution in [3.05, 3.63) is 58.1 Å². The number of carbonyl (C=O) groups excluding carboxylic acids is 1. The molecule has 1 atom stereocenters. The minimum Gasteiger partial charge on any atom is -0.478 e. The number of carboxylic acids is 1. The summed E-state index contributed by atoms with van der Waals surface area (Å²) in [7, 11) is 0. The van der Waals surface area contributed by atoms with Crippen LogP contribution in [0.3, 0.4) is 0 Å². The number of carbonyl (C=O) groups is 2. The van der Waals surface area contributed by atoms with Gasteiger partial charge in [-0.05, 0) is 32.9 Å². The van der Waals surface area contributed by atoms with Crippen LogP contribution in [0.5, 0.6) is 0 Å². The van der Waals surface area contributed by atoms with Gasteiger partial charge in [0.05, 0.1) is 36.2 Å². The highest BCUT2D eigenvalue weighted by molar-refractivity contribution is 6.30. The number of ether oxygens (including phenoxy) is 2. The topological polar surface area (TPSA) is 93.4 Å². The molecule has 1 amide bonds. The van der Waals surface area contributed by atoms with Crippen molar-refractivity contribution >= 4 is 29.3 Å². The van der Waals surface area contributed by atoms with Crippen molar-refractivity contribution in [2.24, 2.45) is 0 Å². The normalized spacial score (nSPS) is 16.4. The summed E-state index contributed by atoms with van der Waals surface area (Å²) in [6, 6.07) is 3.42. The van der Waals surface area contributed by atoms with Crippen molar-refractivity contribution in [1.29, 1.82) is 0 Å². The first-order valence-corrected chi connectivity index (χ1v) is 11.4. The smallest absolute Gasteiger partial charge is 0.410 e. The van der Waals surface area contributed by atoms with Crippen LogP contribution in [0.4, 0.5) is 18.0 Å². The zero-order chi connectivity index (χ0) is 26.4. The van der Waals surface area contributed by atoms with Crippen molar-refractivity contribution < 1.29 is 37.3 Å². The van der Waals surface area contributed by atoms with E-state index in [1.54, 1.807) is 26.8 Å². The highest BCUT2D eigenvalue weighted by Crippen LogP contribution is 2.34. The summed E-state index contributed by atoms with van der Waals surface area (Å²) in [5.41, 5.74) is -2.38. The van der Waals surface area contributed by atoms with E-state index in [0.717, 1.165) is 0 Å². The van der Waals surface area contributed by atoms with Crippen LogP contribution >= 0.6 is 11.6 Å². The zero-order valence-corrected chi connectivity index (χ0v) is 20.4. The SMILES string of the molecule is CC(C)(C)OC(=O)N1CCOC(Cc2c(-c3c(F)cc(C(=O)O)c(F)c3F)nc3cc(Cl)ccn23)C1. The fourth-order valence-electron chi connectivity index (χ4n) is 3.98. The molecule has 1 saturated heterocycles. The number of benzene rings is 1. The number of amides is 1. The Morgan fingerprint density at radius 3 is 2.64 bits per heavy atom. The molecule has 3 heterocycles. The number of nitrogens with zero attached hydrogens (tertiary/aromatic N) is 3. The first kappa shape index (κ1) is 25.8. The number of fused-ring (bicyclic) bond motifs is 1. The summed E-state index contributed by atoms with van der Waals surface area (Å²) in [5, 5.41) is 9.37. The second-order valence-electron chi connectivity index (χ2n) is 9.32. The van der Waals surface area contributed by atoms with E-state index in [4.69, 9.17) is 26.2 Å². The summed E-state index contributed by atoms with van der Waals surface area (Å²) >= 11 is 6.06. The van der Waals surface area contributed by atoms with Gasteiger partial charge in [0.1, 0.15) is 22.6 Å². The first-order chi connectivity index (χ1) is 16.9. The Balaban J connectivity index is 1.76. The molecule has 1 aromatic carbocycles. The van der Waals surface area contributed by atoms with Crippen LogP contribution in [0.2, 0.25) is 5.02 Å². The minimum atomic E-state index is -1.81. The molecule has 1 fully saturated rings. The Morgan fingerprint density at radius 1 is 1.25 bits per heavy atom. The third-order valence-electron chi connectivity index (χ3n) is 5.52. The molecule has 192 valence electrons. The van der Waals surface area contributed by atoms with E-state index in [9.17, 15) is 18.4 Å². The van der Waals surface area contributed by atoms with Gasteiger partial charge in [0, 0.05) is 30.3 Å². The molecule has 12 heteroatoms. The molecule has 36 heavy (non-hydrogen) atoms. The highest BCUT2D eigenvalue weighted by Gasteiger charge is 2.32. The van der Waals surface area contributed by atoms with Gasteiger partial charge >= 0.3 is 12.1 Å². The molecule has 3 aromatic rings. The number of halogens is 4. The molecule has 0 saturated carbocycles. The highest BCUT2D eigenvalue weighted by atomic mass is 35.5. The summed E-state index contributed by atoms with van der Waals surface area (Å²) in [4.78, 5) is 29.5. The van der Waals surface area contributed by atoms with Crippen molar-refractivity contribution in [3.8, 4) is 11.3 Å². The number of rotatable bonds is 4. The number of hydrogen-bond donors (Lipinski definition) is 1. The summed E-state index contributed by atoms with van der Waals surface area (Å²) in [6.07, 6.45) is 0.452. The molecule has 0 aliphatic carbocycles. The molecular formula is C24H23ClF3N3O5. The number of carboxylic acid groups (broad SMARTS) is 1. The average Bonchev–Trinajstić information content (AvgIpc) is 3.12. The van der Waals surface area contributed by atoms with Crippen LogP contribution in [0, 0.1) is 17.5 Å². The maximum Gasteiger partial charge on any atom is 0.410 e. The predicted octanol–water partition coefficient (Wildman–Crippen LogP) is 4.95. The molecule has 1 aliphatic rings. The largest absolute Gasteiger partial charge is 0.478 e. The van der Waals surface area contributed by atoms with Crippen LogP contribution in [-0.2, 0) is 15.9 Å². The molecule has 1 N–H and O–H groups in total. The van der Waals surface area contributed by atoms with Gasteiger partial charge in [-0.2, -0.15) is 0 Å². The quantitative estimate of drug-likeness (QED) is 0.485. The van der Waals surface area contributed by atoms with E-state index >= 15 is 4.39 Å². The summed E-state index contributed by atoms with van der Waals surface area (Å²) in [5.74, 6) is -6.48. The maximum atomic E-state index is 15.0. The van der Waals surface area contributed by atoms with E-state index in [1.165, 1.54) is 21.6 Å². The number of hydrogen-bond acceptors (Lipinski definition) is 5. The van der Waals surface area contributed by atoms with Gasteiger partial charge in [0.25, 0.3) is 0 Å². The lowest BCUT2D eigenvalue weighted by Crippen LogP contribution is -2.48. The fourth-order valence-corrected chi connectivity index (χ4v) is 4.14. The molecule has 0 spiro atoms. The van der Waals surface area contributed by atoms with E-state index in [-0.39, 0.29) is 36.6 Å². The fraction of sp³-hybridized carbons (Fsp3) is 0.375. The van der Waals surface area contributed by atoms with E-state index in [0.29, 0.717) is 17.6 Å². The molecule has 4 rings (SSSR count). The van der Waals surface area contributed by atoms with Gasteiger partial charge in [-0.25, -0.2) is 27.7 Å². The summed E-state index contributed by atoms with van der Waals surface area (Å²) < 4.78 is 57.2. The minimum absolute atomic E-state index is 0.0403. The molecular weight excluding hydrogens is 503 g/mol. The van der Waals surface area contributed by atoms with E-state index < -0.39 is 52.3 Å². The Kier molecular flexibility index (Phi) is 6.89. The van der Waals surface area contributed by atoms with Crippen molar-refractivity contribution in [2.75, 3.05) is 19.7 Å². The number of morpholine rings is 1. The van der Waals surface area contributed by atoms with Gasteiger partial charge in [0.15, 0.2) is 11.6 Å². The Bertz CT molecular complexity index is 1360. The van der Waals surface area contributed by atoms with Crippen LogP contribution in [0.1, 0.15) is 36.8 Å². The average molecular weight is 526 g/mol. The van der Waals surface area contributed by atoms with Crippen molar-refractivity contribution in [1.82, 2.24) is 14.3 Å². The Labute approximate surface area is 209 Å². The number of aromatic carboxylic acids is 1. The van der Waals surface area contributed by atoms with Crippen molar-refractivity contribution in [2.45, 2.75) is 38.9 Å². The molecule has 0 bridgehead atoms. The maximum absolute atomic E-state index is 15.0. The van der Waals surface area contributed by atoms with Gasteiger partial charge in [-0.15, -0.1) is 0 Å². The third kappa shape index (κ3) is 5.12. The monoisotopic (exact) mass is 525 g/mol. The predicted molar refractivity (Wildman–Crippen MR) is 124 cm³/mol. The zero-order valence-electron chi connectivity index (χ0n) is 19.6. The van der Waals surface area contributed by atoms with E-state index in [2.05, 4.69) is 4.98 Å². The van der Waals surface area contributed by atoms with Crippen LogP contribution < -0.4 is 0 Å². The van der Waals surface area contributed by atoms with Gasteiger partial charge in [-0.1, -0.05) is 11.6 Å². The second-order valence-corrected chi connectivity index (χ2v) is 9.75. The first-order valence-electron chi connectivity index (χ1n) is 11.0. The lowest BCUT2D eigenvalue weighted by Gasteiger charge is -2.34. The number of pyridine rings is 1. The Hall–Kier alpha value is -3.31. The Morgan fingerprint density at radius 2 is 1.97 bits per heavy atom. The van der Waals surface area contributed by atoms with E-state index in [1.807, 2.05) is 0 Å². The van der Waals surface area contributed by atoms with Gasteiger partial charge in [-0.3, -0.25) is 0 Å². The van der Waals surface area contributed by atoms with Gasteiger partial charge < -0.3 is 23.9 Å². The molecule has 0 radical (unpaired) electrons. The number of aromatic nitrogens is 2. The molecule has 8 nitrogen and oxygen atoms in total. The van der Waals surface area contributed by atoms with Crippen LogP contribution in [-0.4, -0.2) is 62.9 Å². The standard InChI is InChI=1S/C24H23ClF3N3O5/c1-24(2,3)36-23(34)30-6-7-35-13(11-30)9-16-21(29-17-8-12(25)4-5-31(16)17)18-15(26)10-14(22(32)33)19(27)20(18)28/h4-5,8,10,13H,6-7,9,11H2,1-3H3,(H,32,33). The third-order valence-corrected chi connectivity index (χ3v) is 5.76. The molecule has 2 aromatic heterocycles. The molecule has 1 unspecified atom stereocenters. The second kappa shape index (κ2) is 9.62. The number of imidazole rings is 1. The lowest BCUT2D eigenvalue weighted by atomic mass is 10.0.